The van der Waals surface area contributed by atoms with Crippen molar-refractivity contribution in [3.63, 3.8) is 0 Å². The van der Waals surface area contributed by atoms with E-state index in [1.54, 1.807) is 0 Å². The van der Waals surface area contributed by atoms with E-state index < -0.39 is 5.97 Å². The van der Waals surface area contributed by atoms with Crippen LogP contribution in [-0.4, -0.2) is 24.7 Å². The highest BCUT2D eigenvalue weighted by Crippen LogP contribution is 2.02. The van der Waals surface area contributed by atoms with Gasteiger partial charge in [-0.2, -0.15) is 0 Å². The van der Waals surface area contributed by atoms with Crippen LogP contribution in [0.15, 0.2) is 0 Å². The molecule has 0 saturated heterocycles. The lowest BCUT2D eigenvalue weighted by Crippen LogP contribution is -2.16. The highest BCUT2D eigenvalue weighted by atomic mass is 16.4. The summed E-state index contributed by atoms with van der Waals surface area (Å²) in [7, 11) is 1.87. The van der Waals surface area contributed by atoms with Crippen LogP contribution in [0.5, 0.6) is 0 Å². The Labute approximate surface area is 61.4 Å². The van der Waals surface area contributed by atoms with Crippen molar-refractivity contribution < 1.29 is 9.90 Å². The Morgan fingerprint density at radius 2 is 2.30 bits per heavy atom. The molecule has 0 amide bonds. The second kappa shape index (κ2) is 5.23. The summed E-state index contributed by atoms with van der Waals surface area (Å²) in [6, 6.07) is 0. The Bertz CT molecular complexity index is 104. The largest absolute Gasteiger partial charge is 0.481 e. The van der Waals surface area contributed by atoms with Gasteiger partial charge in [-0.05, 0) is 25.9 Å². The maximum atomic E-state index is 10.1. The van der Waals surface area contributed by atoms with Crippen molar-refractivity contribution in [3.8, 4) is 0 Å². The van der Waals surface area contributed by atoms with Crippen molar-refractivity contribution in [2.45, 2.75) is 19.8 Å². The zero-order valence-electron chi connectivity index (χ0n) is 6.55. The number of carboxylic acid groups (broad SMARTS) is 1. The van der Waals surface area contributed by atoms with E-state index in [-0.39, 0.29) is 6.42 Å². The lowest BCUT2D eigenvalue weighted by Gasteiger charge is -2.07. The molecule has 3 nitrogen and oxygen atoms in total. The minimum absolute atomic E-state index is 0.281. The molecule has 0 saturated carbocycles. The molecular weight excluding hydrogens is 130 g/mol. The second-order valence-corrected chi connectivity index (χ2v) is 2.60. The molecule has 0 fully saturated rings. The number of aliphatic carboxylic acids is 1. The summed E-state index contributed by atoms with van der Waals surface area (Å²) in [5.41, 5.74) is 0. The van der Waals surface area contributed by atoms with E-state index in [0.29, 0.717) is 5.92 Å². The van der Waals surface area contributed by atoms with Crippen LogP contribution in [0.25, 0.3) is 0 Å². The Kier molecular flexibility index (Phi) is 4.94. The smallest absolute Gasteiger partial charge is 0.303 e. The van der Waals surface area contributed by atoms with Crippen molar-refractivity contribution in [2.24, 2.45) is 5.92 Å². The van der Waals surface area contributed by atoms with E-state index in [9.17, 15) is 4.79 Å². The number of hydrogen-bond donors (Lipinski definition) is 2. The van der Waals surface area contributed by atoms with Crippen LogP contribution in [0.2, 0.25) is 0 Å². The molecule has 0 bridgehead atoms. The average molecular weight is 145 g/mol. The molecule has 0 aliphatic rings. The lowest BCUT2D eigenvalue weighted by molar-refractivity contribution is -0.137. The lowest BCUT2D eigenvalue weighted by atomic mass is 10.1. The SMILES string of the molecule is CNCC(C)CCC(=O)O. The molecule has 1 atom stereocenters. The molecule has 0 aliphatic heterocycles. The number of rotatable bonds is 5. The zero-order valence-corrected chi connectivity index (χ0v) is 6.55. The fourth-order valence-electron chi connectivity index (χ4n) is 0.820. The van der Waals surface area contributed by atoms with Crippen LogP contribution in [0.1, 0.15) is 19.8 Å². The number of hydrogen-bond acceptors (Lipinski definition) is 2. The molecule has 0 aromatic heterocycles. The van der Waals surface area contributed by atoms with Crippen molar-refractivity contribution in [3.05, 3.63) is 0 Å². The number of nitrogens with one attached hydrogen (secondary N) is 1. The summed E-state index contributed by atoms with van der Waals surface area (Å²) in [6.07, 6.45) is 1.04. The molecule has 0 heterocycles. The monoisotopic (exact) mass is 145 g/mol. The Balaban J connectivity index is 3.21. The normalized spacial score (nSPS) is 13.0. The number of carboxylic acids is 1. The summed E-state index contributed by atoms with van der Waals surface area (Å²) in [6.45, 7) is 2.94. The van der Waals surface area contributed by atoms with Crippen molar-refractivity contribution in [2.75, 3.05) is 13.6 Å². The van der Waals surface area contributed by atoms with Crippen LogP contribution in [0, 0.1) is 5.92 Å². The van der Waals surface area contributed by atoms with Crippen LogP contribution in [0.4, 0.5) is 0 Å². The summed E-state index contributed by atoms with van der Waals surface area (Å²) in [5.74, 6) is -0.246. The predicted octanol–water partition coefficient (Wildman–Crippen LogP) is 0.707. The topological polar surface area (TPSA) is 49.3 Å². The highest BCUT2D eigenvalue weighted by molar-refractivity contribution is 5.66. The molecule has 1 unspecified atom stereocenters. The van der Waals surface area contributed by atoms with Gasteiger partial charge in [0.05, 0.1) is 0 Å². The Hall–Kier alpha value is -0.570. The van der Waals surface area contributed by atoms with Gasteiger partial charge in [0.2, 0.25) is 0 Å². The van der Waals surface area contributed by atoms with Crippen LogP contribution in [0.3, 0.4) is 0 Å². The third kappa shape index (κ3) is 5.56. The summed E-state index contributed by atoms with van der Waals surface area (Å²) in [5, 5.41) is 11.3. The minimum Gasteiger partial charge on any atom is -0.481 e. The van der Waals surface area contributed by atoms with Crippen LogP contribution < -0.4 is 5.32 Å². The van der Waals surface area contributed by atoms with Gasteiger partial charge in [0.25, 0.3) is 0 Å². The molecule has 0 aliphatic carbocycles. The summed E-state index contributed by atoms with van der Waals surface area (Å²) in [4.78, 5) is 10.1. The minimum atomic E-state index is -0.706. The van der Waals surface area contributed by atoms with E-state index in [2.05, 4.69) is 5.32 Å². The first-order chi connectivity index (χ1) is 4.66. The van der Waals surface area contributed by atoms with E-state index in [1.165, 1.54) is 0 Å². The molecule has 0 aromatic carbocycles. The molecule has 0 spiro atoms. The molecule has 60 valence electrons. The van der Waals surface area contributed by atoms with Crippen LogP contribution >= 0.6 is 0 Å². The van der Waals surface area contributed by atoms with Gasteiger partial charge >= 0.3 is 5.97 Å². The Morgan fingerprint density at radius 3 is 2.70 bits per heavy atom. The molecule has 10 heavy (non-hydrogen) atoms. The average Bonchev–Trinajstić information content (AvgIpc) is 1.85. The molecular formula is C7H15NO2. The standard InChI is InChI=1S/C7H15NO2/c1-6(5-8-2)3-4-7(9)10/h6,8H,3-5H2,1-2H3,(H,9,10). The molecule has 0 aromatic rings. The predicted molar refractivity (Wildman–Crippen MR) is 40.0 cm³/mol. The van der Waals surface area contributed by atoms with Gasteiger partial charge in [0.15, 0.2) is 0 Å². The first-order valence-corrected chi connectivity index (χ1v) is 3.53. The van der Waals surface area contributed by atoms with Gasteiger partial charge in [-0.3, -0.25) is 4.79 Å². The second-order valence-electron chi connectivity index (χ2n) is 2.60. The van der Waals surface area contributed by atoms with Gasteiger partial charge in [0, 0.05) is 6.42 Å². The van der Waals surface area contributed by atoms with E-state index in [0.717, 1.165) is 13.0 Å². The zero-order chi connectivity index (χ0) is 7.98. The van der Waals surface area contributed by atoms with Crippen molar-refractivity contribution >= 4 is 5.97 Å². The van der Waals surface area contributed by atoms with E-state index in [4.69, 9.17) is 5.11 Å². The van der Waals surface area contributed by atoms with Gasteiger partial charge in [-0.1, -0.05) is 6.92 Å². The fraction of sp³-hybridized carbons (Fsp3) is 0.857. The molecule has 2 N–H and O–H groups in total. The van der Waals surface area contributed by atoms with Crippen LogP contribution in [-0.2, 0) is 4.79 Å². The maximum Gasteiger partial charge on any atom is 0.303 e. The van der Waals surface area contributed by atoms with Gasteiger partial charge in [-0.25, -0.2) is 0 Å². The number of carbonyl (C=O) groups is 1. The highest BCUT2D eigenvalue weighted by Gasteiger charge is 2.02. The van der Waals surface area contributed by atoms with E-state index >= 15 is 0 Å². The molecule has 0 rings (SSSR count). The Morgan fingerprint density at radius 1 is 1.70 bits per heavy atom. The summed E-state index contributed by atoms with van der Waals surface area (Å²) < 4.78 is 0. The maximum absolute atomic E-state index is 10.1. The van der Waals surface area contributed by atoms with Gasteiger partial charge in [-0.15, -0.1) is 0 Å². The van der Waals surface area contributed by atoms with Crippen molar-refractivity contribution in [1.82, 2.24) is 5.32 Å². The third-order valence-corrected chi connectivity index (χ3v) is 1.40. The fourth-order valence-corrected chi connectivity index (χ4v) is 0.820. The van der Waals surface area contributed by atoms with Gasteiger partial charge < -0.3 is 10.4 Å². The first kappa shape index (κ1) is 9.43. The first-order valence-electron chi connectivity index (χ1n) is 3.53. The quantitative estimate of drug-likeness (QED) is 0.599. The molecule has 3 heteroatoms. The summed E-state index contributed by atoms with van der Waals surface area (Å²) >= 11 is 0. The van der Waals surface area contributed by atoms with E-state index in [1.807, 2.05) is 14.0 Å². The van der Waals surface area contributed by atoms with Gasteiger partial charge in [0.1, 0.15) is 0 Å². The van der Waals surface area contributed by atoms with Crippen molar-refractivity contribution in [1.29, 1.82) is 0 Å². The molecule has 0 radical (unpaired) electrons. The third-order valence-electron chi connectivity index (χ3n) is 1.40.